The van der Waals surface area contributed by atoms with Crippen LogP contribution < -0.4 is 10.6 Å². The fourth-order valence-corrected chi connectivity index (χ4v) is 2.09. The van der Waals surface area contributed by atoms with Crippen LogP contribution in [0.4, 0.5) is 5.69 Å². The summed E-state index contributed by atoms with van der Waals surface area (Å²) in [5.41, 5.74) is 1.39. The Hall–Kier alpha value is -1.68. The minimum absolute atomic E-state index is 0.00488. The smallest absolute Gasteiger partial charge is 0.241 e. The van der Waals surface area contributed by atoms with E-state index in [2.05, 4.69) is 10.6 Å². The van der Waals surface area contributed by atoms with E-state index in [-0.39, 0.29) is 17.7 Å². The molecule has 0 unspecified atom stereocenters. The van der Waals surface area contributed by atoms with Crippen molar-refractivity contribution < 1.29 is 9.59 Å². The third-order valence-electron chi connectivity index (χ3n) is 3.19. The molecule has 4 heteroatoms. The molecule has 2 rings (SSSR count). The molecule has 0 bridgehead atoms. The van der Waals surface area contributed by atoms with Crippen LogP contribution in [0.15, 0.2) is 24.3 Å². The second-order valence-corrected chi connectivity index (χ2v) is 4.63. The number of carbonyl (C=O) groups is 2. The largest absolute Gasteiger partial charge is 0.325 e. The van der Waals surface area contributed by atoms with Crippen LogP contribution in [0.1, 0.15) is 36.5 Å². The van der Waals surface area contributed by atoms with Crippen molar-refractivity contribution in [2.75, 3.05) is 11.9 Å². The van der Waals surface area contributed by atoms with Crippen LogP contribution >= 0.6 is 0 Å². The van der Waals surface area contributed by atoms with Gasteiger partial charge in [0.1, 0.15) is 0 Å². The lowest BCUT2D eigenvalue weighted by molar-refractivity contribution is -0.118. The Morgan fingerprint density at radius 1 is 1.22 bits per heavy atom. The maximum absolute atomic E-state index is 11.9. The predicted molar refractivity (Wildman–Crippen MR) is 70.7 cm³/mol. The summed E-state index contributed by atoms with van der Waals surface area (Å²) >= 11 is 0. The van der Waals surface area contributed by atoms with E-state index in [9.17, 15) is 9.59 Å². The topological polar surface area (TPSA) is 58.2 Å². The number of hydrogen-bond acceptors (Lipinski definition) is 3. The molecule has 1 aromatic carbocycles. The first-order chi connectivity index (χ1) is 8.66. The normalized spacial score (nSPS) is 19.3. The maximum Gasteiger partial charge on any atom is 0.241 e. The van der Waals surface area contributed by atoms with Crippen molar-refractivity contribution in [2.24, 2.45) is 0 Å². The second kappa shape index (κ2) is 5.78. The van der Waals surface area contributed by atoms with Gasteiger partial charge in [0.15, 0.2) is 5.78 Å². The standard InChI is InChI=1S/C14H18N2O2/c1-10(17)11-5-7-12(8-6-11)16-14(18)13-4-2-3-9-15-13/h5-8,13,15H,2-4,9H2,1H3,(H,16,18)/t13-/m1/s1. The first kappa shape index (κ1) is 12.8. The van der Waals surface area contributed by atoms with Crippen molar-refractivity contribution in [1.29, 1.82) is 0 Å². The summed E-state index contributed by atoms with van der Waals surface area (Å²) in [6.07, 6.45) is 3.11. The summed E-state index contributed by atoms with van der Waals surface area (Å²) in [7, 11) is 0. The molecule has 0 aromatic heterocycles. The van der Waals surface area contributed by atoms with Crippen LogP contribution in [0, 0.1) is 0 Å². The van der Waals surface area contributed by atoms with Crippen molar-refractivity contribution in [1.82, 2.24) is 5.32 Å². The molecule has 96 valence electrons. The lowest BCUT2D eigenvalue weighted by atomic mass is 10.0. The van der Waals surface area contributed by atoms with Gasteiger partial charge in [0.25, 0.3) is 0 Å². The molecule has 0 saturated carbocycles. The quantitative estimate of drug-likeness (QED) is 0.802. The lowest BCUT2D eigenvalue weighted by Gasteiger charge is -2.22. The summed E-state index contributed by atoms with van der Waals surface area (Å²) in [6, 6.07) is 6.89. The summed E-state index contributed by atoms with van der Waals surface area (Å²) < 4.78 is 0. The molecular formula is C14H18N2O2. The fourth-order valence-electron chi connectivity index (χ4n) is 2.09. The zero-order chi connectivity index (χ0) is 13.0. The Kier molecular flexibility index (Phi) is 4.10. The van der Waals surface area contributed by atoms with E-state index in [0.29, 0.717) is 5.56 Å². The maximum atomic E-state index is 11.9. The molecule has 1 atom stereocenters. The van der Waals surface area contributed by atoms with Crippen LogP contribution in [-0.2, 0) is 4.79 Å². The van der Waals surface area contributed by atoms with Crippen LogP contribution in [0.2, 0.25) is 0 Å². The molecule has 0 spiro atoms. The molecule has 1 fully saturated rings. The molecule has 1 aromatic rings. The number of hydrogen-bond donors (Lipinski definition) is 2. The number of carbonyl (C=O) groups excluding carboxylic acids is 2. The number of anilines is 1. The van der Waals surface area contributed by atoms with E-state index in [1.54, 1.807) is 24.3 Å². The Morgan fingerprint density at radius 2 is 1.94 bits per heavy atom. The molecule has 1 heterocycles. The van der Waals surface area contributed by atoms with Crippen molar-refractivity contribution in [3.8, 4) is 0 Å². The van der Waals surface area contributed by atoms with Gasteiger partial charge in [-0.1, -0.05) is 6.42 Å². The van der Waals surface area contributed by atoms with Gasteiger partial charge in [-0.15, -0.1) is 0 Å². The molecule has 4 nitrogen and oxygen atoms in total. The minimum Gasteiger partial charge on any atom is -0.325 e. The highest BCUT2D eigenvalue weighted by Gasteiger charge is 2.20. The number of benzene rings is 1. The van der Waals surface area contributed by atoms with Crippen molar-refractivity contribution >= 4 is 17.4 Å². The molecule has 1 saturated heterocycles. The monoisotopic (exact) mass is 246 g/mol. The Labute approximate surface area is 107 Å². The lowest BCUT2D eigenvalue weighted by Crippen LogP contribution is -2.43. The van der Waals surface area contributed by atoms with E-state index in [1.165, 1.54) is 6.92 Å². The third-order valence-corrected chi connectivity index (χ3v) is 3.19. The SMILES string of the molecule is CC(=O)c1ccc(NC(=O)[C@H]2CCCCN2)cc1. The van der Waals surface area contributed by atoms with Crippen LogP contribution in [0.5, 0.6) is 0 Å². The van der Waals surface area contributed by atoms with Gasteiger partial charge in [-0.3, -0.25) is 9.59 Å². The summed E-state index contributed by atoms with van der Waals surface area (Å²) in [5.74, 6) is 0.0344. The van der Waals surface area contributed by atoms with Gasteiger partial charge in [0.05, 0.1) is 6.04 Å². The predicted octanol–water partition coefficient (Wildman–Crippen LogP) is 1.97. The molecular weight excluding hydrogens is 228 g/mol. The van der Waals surface area contributed by atoms with Gasteiger partial charge in [0, 0.05) is 11.3 Å². The third kappa shape index (κ3) is 3.17. The molecule has 0 radical (unpaired) electrons. The molecule has 2 N–H and O–H groups in total. The molecule has 18 heavy (non-hydrogen) atoms. The van der Waals surface area contributed by atoms with Crippen molar-refractivity contribution in [3.05, 3.63) is 29.8 Å². The van der Waals surface area contributed by atoms with Gasteiger partial charge in [-0.25, -0.2) is 0 Å². The second-order valence-electron chi connectivity index (χ2n) is 4.63. The van der Waals surface area contributed by atoms with Crippen LogP contribution in [0.25, 0.3) is 0 Å². The zero-order valence-electron chi connectivity index (χ0n) is 10.5. The summed E-state index contributed by atoms with van der Waals surface area (Å²) in [5, 5.41) is 6.07. The fraction of sp³-hybridized carbons (Fsp3) is 0.429. The minimum atomic E-state index is -0.0915. The van der Waals surface area contributed by atoms with Crippen LogP contribution in [-0.4, -0.2) is 24.3 Å². The van der Waals surface area contributed by atoms with Gasteiger partial charge in [-0.2, -0.15) is 0 Å². The Bertz CT molecular complexity index is 434. The average molecular weight is 246 g/mol. The zero-order valence-corrected chi connectivity index (χ0v) is 10.5. The first-order valence-electron chi connectivity index (χ1n) is 6.32. The van der Waals surface area contributed by atoms with E-state index < -0.39 is 0 Å². The molecule has 1 aliphatic heterocycles. The van der Waals surface area contributed by atoms with E-state index in [4.69, 9.17) is 0 Å². The van der Waals surface area contributed by atoms with E-state index in [0.717, 1.165) is 31.5 Å². The molecule has 1 amide bonds. The summed E-state index contributed by atoms with van der Waals surface area (Å²) in [4.78, 5) is 23.1. The highest BCUT2D eigenvalue weighted by Crippen LogP contribution is 2.13. The highest BCUT2D eigenvalue weighted by atomic mass is 16.2. The number of nitrogens with one attached hydrogen (secondary N) is 2. The number of amides is 1. The number of rotatable bonds is 3. The summed E-state index contributed by atoms with van der Waals surface area (Å²) in [6.45, 7) is 2.43. The highest BCUT2D eigenvalue weighted by molar-refractivity contribution is 5.97. The van der Waals surface area contributed by atoms with E-state index >= 15 is 0 Å². The first-order valence-corrected chi connectivity index (χ1v) is 6.32. The van der Waals surface area contributed by atoms with Crippen molar-refractivity contribution in [3.63, 3.8) is 0 Å². The Morgan fingerprint density at radius 3 is 2.50 bits per heavy atom. The Balaban J connectivity index is 1.96. The number of ketones is 1. The number of piperidine rings is 1. The van der Waals surface area contributed by atoms with Gasteiger partial charge < -0.3 is 10.6 Å². The van der Waals surface area contributed by atoms with Gasteiger partial charge in [0.2, 0.25) is 5.91 Å². The van der Waals surface area contributed by atoms with Gasteiger partial charge in [-0.05, 0) is 50.6 Å². The van der Waals surface area contributed by atoms with Crippen LogP contribution in [0.3, 0.4) is 0 Å². The molecule has 0 aliphatic carbocycles. The van der Waals surface area contributed by atoms with E-state index in [1.807, 2.05) is 0 Å². The average Bonchev–Trinajstić information content (AvgIpc) is 2.40. The number of Topliss-reactive ketones (excluding diaryl/α,β-unsaturated/α-hetero) is 1. The molecule has 1 aliphatic rings. The van der Waals surface area contributed by atoms with Gasteiger partial charge >= 0.3 is 0 Å². The van der Waals surface area contributed by atoms with Crippen molar-refractivity contribution in [2.45, 2.75) is 32.2 Å².